The zero-order chi connectivity index (χ0) is 8.55. The normalized spacial score (nSPS) is 15.2. The maximum absolute atomic E-state index is 4.59. The van der Waals surface area contributed by atoms with E-state index < -0.39 is 0 Å². The van der Waals surface area contributed by atoms with Gasteiger partial charge in [-0.3, -0.25) is 9.97 Å². The second kappa shape index (κ2) is 2.85. The van der Waals surface area contributed by atoms with Crippen LogP contribution in [0.4, 0.5) is 0 Å². The molecule has 2 rings (SSSR count). The predicted molar refractivity (Wildman–Crippen MR) is 48.1 cm³/mol. The minimum atomic E-state index is 0.503. The number of aryl methyl sites for hydroxylation is 2. The fraction of sp³-hybridized carbons (Fsp3) is 0.600. The van der Waals surface area contributed by atoms with Crippen LogP contribution in [0.2, 0.25) is 0 Å². The highest BCUT2D eigenvalue weighted by Crippen LogP contribution is 2.19. The smallest absolute Gasteiger partial charge is 0.0622 e. The molecule has 0 amide bonds. The number of nitrogens with zero attached hydrogens (tertiary/aromatic N) is 2. The molecule has 0 radical (unpaired) electrons. The monoisotopic (exact) mass is 162 g/mol. The first-order valence-corrected chi connectivity index (χ1v) is 4.62. The van der Waals surface area contributed by atoms with E-state index in [1.807, 2.05) is 6.20 Å². The highest BCUT2D eigenvalue weighted by molar-refractivity contribution is 5.19. The summed E-state index contributed by atoms with van der Waals surface area (Å²) >= 11 is 0. The van der Waals surface area contributed by atoms with E-state index in [0.29, 0.717) is 5.92 Å². The Morgan fingerprint density at radius 2 is 2.00 bits per heavy atom. The molecule has 12 heavy (non-hydrogen) atoms. The quantitative estimate of drug-likeness (QED) is 0.632. The van der Waals surface area contributed by atoms with Crippen LogP contribution >= 0.6 is 0 Å². The van der Waals surface area contributed by atoms with Crippen LogP contribution in [0.25, 0.3) is 0 Å². The number of hydrogen-bond acceptors (Lipinski definition) is 2. The molecule has 0 saturated carbocycles. The van der Waals surface area contributed by atoms with Crippen LogP contribution in [0.15, 0.2) is 6.20 Å². The molecular weight excluding hydrogens is 148 g/mol. The van der Waals surface area contributed by atoms with Gasteiger partial charge in [-0.25, -0.2) is 0 Å². The zero-order valence-corrected chi connectivity index (χ0v) is 7.67. The SMILES string of the molecule is CC(C)c1cnc2c(n1)CCC2. The molecule has 2 heteroatoms. The highest BCUT2D eigenvalue weighted by Gasteiger charge is 2.14. The van der Waals surface area contributed by atoms with Crippen molar-refractivity contribution in [1.29, 1.82) is 0 Å². The van der Waals surface area contributed by atoms with E-state index in [1.54, 1.807) is 0 Å². The fourth-order valence-electron chi connectivity index (χ4n) is 1.58. The largest absolute Gasteiger partial charge is 0.257 e. The molecule has 0 unspecified atom stereocenters. The second-order valence-corrected chi connectivity index (χ2v) is 3.70. The maximum Gasteiger partial charge on any atom is 0.0622 e. The van der Waals surface area contributed by atoms with Gasteiger partial charge in [-0.1, -0.05) is 13.8 Å². The fourth-order valence-corrected chi connectivity index (χ4v) is 1.58. The highest BCUT2D eigenvalue weighted by atomic mass is 14.8. The molecule has 1 aromatic rings. The standard InChI is InChI=1S/C10H14N2/c1-7(2)10-6-11-8-4-3-5-9(8)12-10/h6-7H,3-5H2,1-2H3. The Balaban J connectivity index is 2.39. The Kier molecular flexibility index (Phi) is 1.83. The third-order valence-electron chi connectivity index (χ3n) is 2.37. The van der Waals surface area contributed by atoms with Crippen molar-refractivity contribution < 1.29 is 0 Å². The molecule has 0 N–H and O–H groups in total. The van der Waals surface area contributed by atoms with Crippen LogP contribution in [-0.2, 0) is 12.8 Å². The lowest BCUT2D eigenvalue weighted by Crippen LogP contribution is -1.99. The van der Waals surface area contributed by atoms with Gasteiger partial charge < -0.3 is 0 Å². The summed E-state index contributed by atoms with van der Waals surface area (Å²) < 4.78 is 0. The third kappa shape index (κ3) is 1.22. The maximum atomic E-state index is 4.59. The molecule has 0 aromatic carbocycles. The zero-order valence-electron chi connectivity index (χ0n) is 7.67. The summed E-state index contributed by atoms with van der Waals surface area (Å²) in [7, 11) is 0. The lowest BCUT2D eigenvalue weighted by Gasteiger charge is -2.05. The number of hydrogen-bond donors (Lipinski definition) is 0. The third-order valence-corrected chi connectivity index (χ3v) is 2.37. The number of rotatable bonds is 1. The Hall–Kier alpha value is -0.920. The van der Waals surface area contributed by atoms with E-state index in [-0.39, 0.29) is 0 Å². The van der Waals surface area contributed by atoms with Crippen LogP contribution in [0.3, 0.4) is 0 Å². The van der Waals surface area contributed by atoms with E-state index in [9.17, 15) is 0 Å². The van der Waals surface area contributed by atoms with E-state index in [1.165, 1.54) is 17.8 Å². The molecule has 1 aliphatic rings. The van der Waals surface area contributed by atoms with E-state index >= 15 is 0 Å². The molecule has 0 aliphatic heterocycles. The van der Waals surface area contributed by atoms with Crippen molar-refractivity contribution in [3.05, 3.63) is 23.3 Å². The number of fused-ring (bicyclic) bond motifs is 1. The Bertz CT molecular complexity index is 292. The lowest BCUT2D eigenvalue weighted by atomic mass is 10.1. The Labute approximate surface area is 73.1 Å². The van der Waals surface area contributed by atoms with E-state index in [4.69, 9.17) is 0 Å². The van der Waals surface area contributed by atoms with Crippen LogP contribution < -0.4 is 0 Å². The molecule has 0 atom stereocenters. The van der Waals surface area contributed by atoms with Gasteiger partial charge in [0, 0.05) is 6.20 Å². The average molecular weight is 162 g/mol. The summed E-state index contributed by atoms with van der Waals surface area (Å²) in [4.78, 5) is 9.01. The van der Waals surface area contributed by atoms with Crippen molar-refractivity contribution >= 4 is 0 Å². The van der Waals surface area contributed by atoms with E-state index in [0.717, 1.165) is 18.5 Å². The molecule has 0 fully saturated rings. The lowest BCUT2D eigenvalue weighted by molar-refractivity contribution is 0.795. The first kappa shape index (κ1) is 7.71. The summed E-state index contributed by atoms with van der Waals surface area (Å²) in [5.74, 6) is 0.503. The van der Waals surface area contributed by atoms with Gasteiger partial charge >= 0.3 is 0 Å². The molecule has 1 aliphatic carbocycles. The molecule has 0 spiro atoms. The predicted octanol–water partition coefficient (Wildman–Crippen LogP) is 2.09. The average Bonchev–Trinajstić information content (AvgIpc) is 2.49. The minimum absolute atomic E-state index is 0.503. The van der Waals surface area contributed by atoms with E-state index in [2.05, 4.69) is 23.8 Å². The molecule has 0 saturated heterocycles. The Morgan fingerprint density at radius 1 is 1.25 bits per heavy atom. The summed E-state index contributed by atoms with van der Waals surface area (Å²) in [5.41, 5.74) is 3.59. The summed E-state index contributed by atoms with van der Waals surface area (Å²) in [6.45, 7) is 4.32. The Morgan fingerprint density at radius 3 is 2.75 bits per heavy atom. The molecule has 1 aromatic heterocycles. The number of aromatic nitrogens is 2. The van der Waals surface area contributed by atoms with Crippen LogP contribution in [0, 0.1) is 0 Å². The van der Waals surface area contributed by atoms with Crippen molar-refractivity contribution in [3.63, 3.8) is 0 Å². The van der Waals surface area contributed by atoms with Crippen molar-refractivity contribution in [2.24, 2.45) is 0 Å². The van der Waals surface area contributed by atoms with Gasteiger partial charge in [0.25, 0.3) is 0 Å². The summed E-state index contributed by atoms with van der Waals surface area (Å²) in [6, 6.07) is 0. The van der Waals surface area contributed by atoms with Crippen LogP contribution in [0.1, 0.15) is 43.3 Å². The van der Waals surface area contributed by atoms with Gasteiger partial charge in [-0.15, -0.1) is 0 Å². The first-order chi connectivity index (χ1) is 5.77. The van der Waals surface area contributed by atoms with Gasteiger partial charge in [0.05, 0.1) is 17.1 Å². The van der Waals surface area contributed by atoms with Crippen molar-refractivity contribution in [2.45, 2.75) is 39.0 Å². The molecule has 0 bridgehead atoms. The summed E-state index contributed by atoms with van der Waals surface area (Å²) in [5, 5.41) is 0. The summed E-state index contributed by atoms with van der Waals surface area (Å²) in [6.07, 6.45) is 5.41. The molecule has 2 nitrogen and oxygen atoms in total. The van der Waals surface area contributed by atoms with Gasteiger partial charge in [0.2, 0.25) is 0 Å². The molecule has 1 heterocycles. The van der Waals surface area contributed by atoms with Crippen molar-refractivity contribution in [3.8, 4) is 0 Å². The topological polar surface area (TPSA) is 25.8 Å². The molecule has 64 valence electrons. The van der Waals surface area contributed by atoms with Crippen LogP contribution in [0.5, 0.6) is 0 Å². The second-order valence-electron chi connectivity index (χ2n) is 3.70. The van der Waals surface area contributed by atoms with Crippen molar-refractivity contribution in [1.82, 2.24) is 9.97 Å². The molecular formula is C10H14N2. The first-order valence-electron chi connectivity index (χ1n) is 4.62. The van der Waals surface area contributed by atoms with Crippen LogP contribution in [-0.4, -0.2) is 9.97 Å². The van der Waals surface area contributed by atoms with Gasteiger partial charge in [-0.05, 0) is 25.2 Å². The van der Waals surface area contributed by atoms with Gasteiger partial charge in [0.15, 0.2) is 0 Å². The van der Waals surface area contributed by atoms with Gasteiger partial charge in [-0.2, -0.15) is 0 Å². The van der Waals surface area contributed by atoms with Gasteiger partial charge in [0.1, 0.15) is 0 Å². The van der Waals surface area contributed by atoms with Crippen molar-refractivity contribution in [2.75, 3.05) is 0 Å². The minimum Gasteiger partial charge on any atom is -0.257 e.